The van der Waals surface area contributed by atoms with Crippen molar-refractivity contribution in [1.82, 2.24) is 0 Å². The Morgan fingerprint density at radius 2 is 1.06 bits per heavy atom. The number of aliphatic hydroxyl groups excluding tert-OH is 1. The minimum atomic E-state index is -0.927. The van der Waals surface area contributed by atoms with E-state index < -0.39 is 11.7 Å². The van der Waals surface area contributed by atoms with Gasteiger partial charge in [-0.1, -0.05) is 48.0 Å². The fourth-order valence-corrected chi connectivity index (χ4v) is 11.8. The maximum absolute atomic E-state index is 11.4. The number of rotatable bonds is 0. The predicted octanol–water partition coefficient (Wildman–Crippen LogP) is 6.97. The van der Waals surface area contributed by atoms with Crippen LogP contribution >= 0.6 is 0 Å². The van der Waals surface area contributed by atoms with E-state index in [4.69, 9.17) is 0 Å². The van der Waals surface area contributed by atoms with Gasteiger partial charge >= 0.3 is 0 Å². The lowest BCUT2D eigenvalue weighted by Crippen LogP contribution is -2.69. The second kappa shape index (κ2) is 6.53. The smallest absolute Gasteiger partial charge is 0.0910 e. The fraction of sp³-hybridized carbons (Fsp3) is 1.00. The van der Waals surface area contributed by atoms with Crippen LogP contribution in [0, 0.1) is 50.7 Å². The van der Waals surface area contributed by atoms with Gasteiger partial charge in [-0.25, -0.2) is 0 Å². The number of aliphatic hydroxyl groups is 2. The van der Waals surface area contributed by atoms with Crippen LogP contribution in [0.25, 0.3) is 0 Å². The van der Waals surface area contributed by atoms with Gasteiger partial charge in [0, 0.05) is 0 Å². The topological polar surface area (TPSA) is 40.5 Å². The van der Waals surface area contributed by atoms with E-state index in [9.17, 15) is 10.2 Å². The Balaban J connectivity index is 1.54. The molecule has 0 aromatic carbocycles. The lowest BCUT2D eigenvalue weighted by atomic mass is 9.31. The van der Waals surface area contributed by atoms with Crippen molar-refractivity contribution in [2.45, 2.75) is 131 Å². The van der Waals surface area contributed by atoms with Crippen molar-refractivity contribution in [1.29, 1.82) is 0 Å². The first-order valence-electron chi connectivity index (χ1n) is 13.6. The van der Waals surface area contributed by atoms with E-state index in [-0.39, 0.29) is 11.3 Å². The monoisotopic (exact) mass is 430 g/mol. The van der Waals surface area contributed by atoms with E-state index in [1.807, 2.05) is 6.92 Å². The minimum Gasteiger partial charge on any atom is -0.390 e. The van der Waals surface area contributed by atoms with Crippen molar-refractivity contribution in [3.8, 4) is 0 Å². The standard InChI is InChI=1S/C29H50O2/c1-24(2)14-8-15-25(3)19(24)11-17-27(5)20(25)9-10-21-26(4)16-13-23(30)29(7,31)22(26)12-18-28(21,27)6/h19-23,30-31H,8-18H2,1-7H3/t19?,20?,21?,22?,23-,25+,26-,27-,28-,29+/m1/s1. The molecule has 2 nitrogen and oxygen atoms in total. The van der Waals surface area contributed by atoms with Gasteiger partial charge in [0.05, 0.1) is 11.7 Å². The second-order valence-corrected chi connectivity index (χ2v) is 14.8. The molecule has 0 aromatic rings. The summed E-state index contributed by atoms with van der Waals surface area (Å²) in [5.74, 6) is 2.64. The van der Waals surface area contributed by atoms with Crippen LogP contribution in [0.15, 0.2) is 0 Å². The molecule has 5 saturated carbocycles. The molecule has 0 bridgehead atoms. The molecular weight excluding hydrogens is 380 g/mol. The summed E-state index contributed by atoms with van der Waals surface area (Å²) in [6.45, 7) is 17.6. The minimum absolute atomic E-state index is 0.160. The molecule has 0 spiro atoms. The summed E-state index contributed by atoms with van der Waals surface area (Å²) in [5, 5.41) is 22.0. The average Bonchev–Trinajstić information content (AvgIpc) is 2.65. The van der Waals surface area contributed by atoms with Crippen molar-refractivity contribution in [3.05, 3.63) is 0 Å². The van der Waals surface area contributed by atoms with Gasteiger partial charge < -0.3 is 10.2 Å². The van der Waals surface area contributed by atoms with Crippen molar-refractivity contribution >= 4 is 0 Å². The van der Waals surface area contributed by atoms with Crippen LogP contribution in [0.5, 0.6) is 0 Å². The molecule has 0 radical (unpaired) electrons. The van der Waals surface area contributed by atoms with E-state index in [0.717, 1.165) is 31.1 Å². The maximum Gasteiger partial charge on any atom is 0.0910 e. The van der Waals surface area contributed by atoms with Gasteiger partial charge in [-0.2, -0.15) is 0 Å². The van der Waals surface area contributed by atoms with E-state index in [1.165, 1.54) is 51.4 Å². The molecule has 5 rings (SSSR count). The van der Waals surface area contributed by atoms with Crippen LogP contribution in [0.3, 0.4) is 0 Å². The molecule has 10 atom stereocenters. The molecule has 2 heteroatoms. The van der Waals surface area contributed by atoms with Crippen molar-refractivity contribution in [2.24, 2.45) is 50.7 Å². The van der Waals surface area contributed by atoms with Gasteiger partial charge in [0.15, 0.2) is 0 Å². The molecule has 5 aliphatic carbocycles. The van der Waals surface area contributed by atoms with Crippen LogP contribution in [-0.4, -0.2) is 21.9 Å². The molecule has 2 N–H and O–H groups in total. The fourth-order valence-electron chi connectivity index (χ4n) is 11.8. The van der Waals surface area contributed by atoms with Crippen molar-refractivity contribution in [3.63, 3.8) is 0 Å². The molecule has 0 heterocycles. The number of fused-ring (bicyclic) bond motifs is 7. The Kier molecular flexibility index (Phi) is 4.78. The van der Waals surface area contributed by atoms with E-state index in [2.05, 4.69) is 41.5 Å². The number of hydrogen-bond acceptors (Lipinski definition) is 2. The summed E-state index contributed by atoms with van der Waals surface area (Å²) in [6, 6.07) is 0. The molecule has 0 saturated heterocycles. The highest BCUT2D eigenvalue weighted by Gasteiger charge is 2.71. The Hall–Kier alpha value is -0.0800. The summed E-state index contributed by atoms with van der Waals surface area (Å²) in [4.78, 5) is 0. The molecule has 31 heavy (non-hydrogen) atoms. The third kappa shape index (κ3) is 2.64. The number of hydrogen-bond donors (Lipinski definition) is 2. The van der Waals surface area contributed by atoms with E-state index >= 15 is 0 Å². The Labute approximate surface area is 192 Å². The second-order valence-electron chi connectivity index (χ2n) is 14.8. The molecule has 0 amide bonds. The first kappa shape index (κ1) is 22.7. The van der Waals surface area contributed by atoms with E-state index in [0.29, 0.717) is 27.6 Å². The molecule has 0 aromatic heterocycles. The molecule has 178 valence electrons. The van der Waals surface area contributed by atoms with Gasteiger partial charge in [0.1, 0.15) is 0 Å². The van der Waals surface area contributed by atoms with Gasteiger partial charge in [0.25, 0.3) is 0 Å². The normalized spacial score (nSPS) is 60.9. The molecular formula is C29H50O2. The zero-order valence-electron chi connectivity index (χ0n) is 21.6. The van der Waals surface area contributed by atoms with Crippen LogP contribution in [0.4, 0.5) is 0 Å². The van der Waals surface area contributed by atoms with E-state index in [1.54, 1.807) is 0 Å². The first-order chi connectivity index (χ1) is 14.2. The third-order valence-electron chi connectivity index (χ3n) is 13.5. The lowest BCUT2D eigenvalue weighted by Gasteiger charge is -2.74. The summed E-state index contributed by atoms with van der Waals surface area (Å²) < 4.78 is 0. The van der Waals surface area contributed by atoms with Crippen LogP contribution in [0.2, 0.25) is 0 Å². The van der Waals surface area contributed by atoms with Crippen LogP contribution < -0.4 is 0 Å². The van der Waals surface area contributed by atoms with Gasteiger partial charge in [-0.05, 0) is 122 Å². The zero-order chi connectivity index (χ0) is 22.7. The first-order valence-corrected chi connectivity index (χ1v) is 13.6. The lowest BCUT2D eigenvalue weighted by molar-refractivity contribution is -0.275. The average molecular weight is 431 g/mol. The predicted molar refractivity (Wildman–Crippen MR) is 128 cm³/mol. The largest absolute Gasteiger partial charge is 0.390 e. The molecule has 0 aliphatic heterocycles. The van der Waals surface area contributed by atoms with Gasteiger partial charge in [-0.15, -0.1) is 0 Å². The summed E-state index contributed by atoms with van der Waals surface area (Å²) >= 11 is 0. The zero-order valence-corrected chi connectivity index (χ0v) is 21.6. The highest BCUT2D eigenvalue weighted by Crippen LogP contribution is 2.77. The Morgan fingerprint density at radius 3 is 1.65 bits per heavy atom. The van der Waals surface area contributed by atoms with Gasteiger partial charge in [0.2, 0.25) is 0 Å². The highest BCUT2D eigenvalue weighted by molar-refractivity contribution is 5.20. The maximum atomic E-state index is 11.4. The third-order valence-corrected chi connectivity index (χ3v) is 13.5. The van der Waals surface area contributed by atoms with Gasteiger partial charge in [-0.3, -0.25) is 0 Å². The Morgan fingerprint density at radius 1 is 0.548 bits per heavy atom. The van der Waals surface area contributed by atoms with Crippen LogP contribution in [-0.2, 0) is 0 Å². The molecule has 4 unspecified atom stereocenters. The highest BCUT2D eigenvalue weighted by atomic mass is 16.3. The molecule has 5 aliphatic rings. The quantitative estimate of drug-likeness (QED) is 0.435. The Bertz CT molecular complexity index is 741. The summed E-state index contributed by atoms with van der Waals surface area (Å²) in [6.07, 6.45) is 13.4. The SMILES string of the molecule is CC1(C)CCC[C@@]2(C)C1CC[C@]1(C)C2CCC2[C@@]3(C)CC[C@@H](O)[C@@](C)(O)C3CC[C@]21C. The summed E-state index contributed by atoms with van der Waals surface area (Å²) in [7, 11) is 0. The van der Waals surface area contributed by atoms with Crippen molar-refractivity contribution in [2.75, 3.05) is 0 Å². The molecule has 5 fully saturated rings. The van der Waals surface area contributed by atoms with Crippen molar-refractivity contribution < 1.29 is 10.2 Å². The summed E-state index contributed by atoms with van der Waals surface area (Å²) in [5.41, 5.74) is 0.985. The van der Waals surface area contributed by atoms with Crippen LogP contribution in [0.1, 0.15) is 119 Å².